The molecule has 2 N–H and O–H groups in total. The zero-order valence-electron chi connectivity index (χ0n) is 20.0. The molecule has 3 aromatic rings. The first-order chi connectivity index (χ1) is 17.6. The molecule has 0 heterocycles. The summed E-state index contributed by atoms with van der Waals surface area (Å²) >= 11 is 1.65. The number of benzene rings is 3. The van der Waals surface area contributed by atoms with Crippen LogP contribution in [0.1, 0.15) is 16.7 Å². The van der Waals surface area contributed by atoms with Crippen molar-refractivity contribution in [3.05, 3.63) is 108 Å². The van der Waals surface area contributed by atoms with Gasteiger partial charge in [0.1, 0.15) is 13.2 Å². The number of hydrogen-bond acceptors (Lipinski definition) is 6. The molecule has 0 aliphatic rings. The van der Waals surface area contributed by atoms with Gasteiger partial charge in [0.05, 0.1) is 37.1 Å². The van der Waals surface area contributed by atoms with E-state index < -0.39 is 10.7 Å². The maximum absolute atomic E-state index is 12.4. The molecule has 0 aliphatic carbocycles. The summed E-state index contributed by atoms with van der Waals surface area (Å²) in [4.78, 5) is 22.8. The summed E-state index contributed by atoms with van der Waals surface area (Å²) < 4.78 is 15.1. The van der Waals surface area contributed by atoms with Crippen molar-refractivity contribution < 1.29 is 28.9 Å². The summed E-state index contributed by atoms with van der Waals surface area (Å²) in [5.74, 6) is -0.843. The number of thioether (sulfide) groups is 1. The zero-order valence-corrected chi connectivity index (χ0v) is 20.8. The lowest BCUT2D eigenvalue weighted by Gasteiger charge is -2.35. The van der Waals surface area contributed by atoms with Crippen molar-refractivity contribution in [3.63, 3.8) is 0 Å². The number of carbonyl (C=O) groups is 2. The number of nitrogens with one attached hydrogen (secondary N) is 1. The second-order valence-corrected chi connectivity index (χ2v) is 8.97. The highest BCUT2D eigenvalue weighted by atomic mass is 32.2. The molecule has 0 saturated heterocycles. The molecule has 0 aromatic heterocycles. The van der Waals surface area contributed by atoms with E-state index in [-0.39, 0.29) is 45.5 Å². The molecule has 0 bridgehead atoms. The second kappa shape index (κ2) is 15.1. The Morgan fingerprint density at radius 1 is 0.667 bits per heavy atom. The van der Waals surface area contributed by atoms with Gasteiger partial charge in [-0.05, 0) is 16.7 Å². The molecular weight excluding hydrogens is 478 g/mol. The van der Waals surface area contributed by atoms with Gasteiger partial charge in [-0.2, -0.15) is 0 Å². The molecule has 0 atom stereocenters. The van der Waals surface area contributed by atoms with Gasteiger partial charge < -0.3 is 24.6 Å². The average molecular weight is 510 g/mol. The quantitative estimate of drug-likeness (QED) is 0.172. The standard InChI is InChI=1S/C28H31NO6S/c30-26(20-34-18-16-33-17-19-35-21-27(31)32)29-22-36-28(23-10-4-1-5-11-23,24-12-6-2-7-13-24)25-14-8-3-9-15-25/h1-15H,16-22H2,(H,29,30)(H,31,32). The fourth-order valence-electron chi connectivity index (χ4n) is 3.71. The third kappa shape index (κ3) is 8.20. The van der Waals surface area contributed by atoms with Crippen LogP contribution >= 0.6 is 11.8 Å². The number of amides is 1. The maximum atomic E-state index is 12.4. The van der Waals surface area contributed by atoms with Crippen molar-refractivity contribution >= 4 is 23.6 Å². The number of rotatable bonds is 16. The van der Waals surface area contributed by atoms with Crippen molar-refractivity contribution in [3.8, 4) is 0 Å². The lowest BCUT2D eigenvalue weighted by molar-refractivity contribution is -0.142. The highest BCUT2D eigenvalue weighted by Gasteiger charge is 2.36. The summed E-state index contributed by atoms with van der Waals surface area (Å²) in [7, 11) is 0. The van der Waals surface area contributed by atoms with Crippen molar-refractivity contribution in [2.24, 2.45) is 0 Å². The number of aliphatic carboxylic acids is 1. The summed E-state index contributed by atoms with van der Waals surface area (Å²) in [5, 5.41) is 11.5. The number of carbonyl (C=O) groups excluding carboxylic acids is 1. The molecule has 36 heavy (non-hydrogen) atoms. The largest absolute Gasteiger partial charge is 0.480 e. The number of hydrogen-bond donors (Lipinski definition) is 2. The van der Waals surface area contributed by atoms with Gasteiger partial charge in [-0.1, -0.05) is 91.0 Å². The van der Waals surface area contributed by atoms with Crippen LogP contribution in [-0.2, 0) is 28.5 Å². The molecule has 0 radical (unpaired) electrons. The van der Waals surface area contributed by atoms with Gasteiger partial charge in [-0.15, -0.1) is 11.8 Å². The molecular formula is C28H31NO6S. The molecule has 0 spiro atoms. The minimum Gasteiger partial charge on any atom is -0.480 e. The van der Waals surface area contributed by atoms with E-state index in [9.17, 15) is 9.59 Å². The minimum atomic E-state index is -1.02. The SMILES string of the molecule is O=C(O)COCCOCCOCC(=O)NCSC(c1ccccc1)(c1ccccc1)c1ccccc1. The Morgan fingerprint density at radius 2 is 1.08 bits per heavy atom. The van der Waals surface area contributed by atoms with E-state index in [1.165, 1.54) is 0 Å². The normalized spacial score (nSPS) is 11.2. The number of ether oxygens (including phenoxy) is 3. The van der Waals surface area contributed by atoms with E-state index in [2.05, 4.69) is 41.7 Å². The number of carboxylic acid groups (broad SMARTS) is 1. The summed E-state index contributed by atoms with van der Waals surface area (Å²) in [6.07, 6.45) is 0. The Morgan fingerprint density at radius 3 is 1.53 bits per heavy atom. The Hall–Kier alpha value is -3.17. The second-order valence-electron chi connectivity index (χ2n) is 7.78. The van der Waals surface area contributed by atoms with Crippen LogP contribution in [0.5, 0.6) is 0 Å². The molecule has 0 unspecified atom stereocenters. The van der Waals surface area contributed by atoms with Crippen LogP contribution in [0.4, 0.5) is 0 Å². The molecule has 0 aliphatic heterocycles. The predicted molar refractivity (Wildman–Crippen MR) is 140 cm³/mol. The van der Waals surface area contributed by atoms with Crippen molar-refractivity contribution in [1.82, 2.24) is 5.32 Å². The van der Waals surface area contributed by atoms with Crippen LogP contribution in [0.25, 0.3) is 0 Å². The van der Waals surface area contributed by atoms with Crippen molar-refractivity contribution in [1.29, 1.82) is 0 Å². The Kier molecular flexibility index (Phi) is 11.5. The van der Waals surface area contributed by atoms with Gasteiger partial charge in [-0.25, -0.2) is 4.79 Å². The highest BCUT2D eigenvalue weighted by molar-refractivity contribution is 8.00. The average Bonchev–Trinajstić information content (AvgIpc) is 2.91. The van der Waals surface area contributed by atoms with Gasteiger partial charge in [-0.3, -0.25) is 4.79 Å². The molecule has 3 rings (SSSR count). The van der Waals surface area contributed by atoms with Crippen LogP contribution < -0.4 is 5.32 Å². The minimum absolute atomic E-state index is 0.0750. The maximum Gasteiger partial charge on any atom is 0.329 e. The number of carboxylic acids is 1. The van der Waals surface area contributed by atoms with E-state index >= 15 is 0 Å². The summed E-state index contributed by atoms with van der Waals surface area (Å²) in [5.41, 5.74) is 3.38. The molecule has 8 heteroatoms. The highest BCUT2D eigenvalue weighted by Crippen LogP contribution is 2.47. The lowest BCUT2D eigenvalue weighted by atomic mass is 9.84. The molecule has 0 fully saturated rings. The zero-order chi connectivity index (χ0) is 25.5. The van der Waals surface area contributed by atoms with Gasteiger partial charge in [0.15, 0.2) is 0 Å². The monoisotopic (exact) mass is 509 g/mol. The van der Waals surface area contributed by atoms with Gasteiger partial charge >= 0.3 is 5.97 Å². The first kappa shape index (κ1) is 27.4. The van der Waals surface area contributed by atoms with E-state index in [0.717, 1.165) is 16.7 Å². The summed E-state index contributed by atoms with van der Waals surface area (Å²) in [6, 6.07) is 30.9. The van der Waals surface area contributed by atoms with Crippen LogP contribution in [0.15, 0.2) is 91.0 Å². The molecule has 0 saturated carbocycles. The Bertz CT molecular complexity index is 953. The fourth-order valence-corrected chi connectivity index (χ4v) is 5.06. The van der Waals surface area contributed by atoms with E-state index in [0.29, 0.717) is 5.88 Å². The molecule has 7 nitrogen and oxygen atoms in total. The molecule has 190 valence electrons. The smallest absolute Gasteiger partial charge is 0.329 e. The van der Waals surface area contributed by atoms with Gasteiger partial charge in [0.2, 0.25) is 5.91 Å². The van der Waals surface area contributed by atoms with E-state index in [4.69, 9.17) is 19.3 Å². The van der Waals surface area contributed by atoms with Crippen LogP contribution in [0.2, 0.25) is 0 Å². The Balaban J connectivity index is 1.56. The predicted octanol–water partition coefficient (Wildman–Crippen LogP) is 3.92. The van der Waals surface area contributed by atoms with Crippen LogP contribution in [-0.4, -0.2) is 62.5 Å². The molecule has 1 amide bonds. The van der Waals surface area contributed by atoms with E-state index in [1.807, 2.05) is 54.6 Å². The lowest BCUT2D eigenvalue weighted by Crippen LogP contribution is -2.32. The first-order valence-corrected chi connectivity index (χ1v) is 12.6. The molecule has 3 aromatic carbocycles. The Labute approximate surface area is 215 Å². The van der Waals surface area contributed by atoms with Crippen molar-refractivity contribution in [2.75, 3.05) is 45.5 Å². The topological polar surface area (TPSA) is 94.1 Å². The van der Waals surface area contributed by atoms with Gasteiger partial charge in [0.25, 0.3) is 0 Å². The van der Waals surface area contributed by atoms with Crippen LogP contribution in [0.3, 0.4) is 0 Å². The van der Waals surface area contributed by atoms with E-state index in [1.54, 1.807) is 11.8 Å². The fraction of sp³-hybridized carbons (Fsp3) is 0.286. The van der Waals surface area contributed by atoms with Gasteiger partial charge in [0, 0.05) is 0 Å². The third-order valence-corrected chi connectivity index (χ3v) is 6.73. The van der Waals surface area contributed by atoms with Crippen molar-refractivity contribution in [2.45, 2.75) is 4.75 Å². The third-order valence-electron chi connectivity index (χ3n) is 5.30. The summed E-state index contributed by atoms with van der Waals surface area (Å²) in [6.45, 7) is 0.571. The first-order valence-electron chi connectivity index (χ1n) is 11.6. The van der Waals surface area contributed by atoms with Crippen LogP contribution in [0, 0.1) is 0 Å².